The van der Waals surface area contributed by atoms with E-state index < -0.39 is 0 Å². The highest BCUT2D eigenvalue weighted by molar-refractivity contribution is 9.09. The largest absolute Gasteiger partial charge is 0.486 e. The van der Waals surface area contributed by atoms with Gasteiger partial charge in [-0.05, 0) is 29.7 Å². The topological polar surface area (TPSA) is 18.5 Å². The number of hydrogen-bond acceptors (Lipinski definition) is 2. The summed E-state index contributed by atoms with van der Waals surface area (Å²) >= 11 is 3.74. The summed E-state index contributed by atoms with van der Waals surface area (Å²) in [5.41, 5.74) is 2.56. The normalized spacial score (nSPS) is 18.6. The maximum absolute atomic E-state index is 6.03. The molecule has 3 heteroatoms. The first-order valence-corrected chi connectivity index (χ1v) is 7.81. The van der Waals surface area contributed by atoms with Crippen molar-refractivity contribution in [3.05, 3.63) is 59.7 Å². The van der Waals surface area contributed by atoms with Crippen LogP contribution < -0.4 is 9.47 Å². The lowest BCUT2D eigenvalue weighted by atomic mass is 10.0. The number of benzene rings is 2. The molecule has 2 aromatic carbocycles. The molecule has 2 nitrogen and oxygen atoms in total. The smallest absolute Gasteiger partial charge is 0.161 e. The van der Waals surface area contributed by atoms with E-state index in [0.717, 1.165) is 17.9 Å². The van der Waals surface area contributed by atoms with Crippen LogP contribution in [0.5, 0.6) is 11.5 Å². The molecule has 0 amide bonds. The van der Waals surface area contributed by atoms with Crippen LogP contribution in [0.4, 0.5) is 0 Å². The van der Waals surface area contributed by atoms with Crippen molar-refractivity contribution in [2.45, 2.75) is 24.3 Å². The molecule has 0 aromatic heterocycles. The van der Waals surface area contributed by atoms with Gasteiger partial charge >= 0.3 is 0 Å². The molecule has 0 saturated carbocycles. The Morgan fingerprint density at radius 1 is 1.10 bits per heavy atom. The zero-order valence-electron chi connectivity index (χ0n) is 11.4. The van der Waals surface area contributed by atoms with Gasteiger partial charge in [0.2, 0.25) is 0 Å². The standard InChI is InChI=1S/C17H17BrO2/c1-2-12-7-9-13(10-8-12)17(18)16-11-19-14-5-3-4-6-15(14)20-16/h3-10,16-17H,2,11H2,1H3. The summed E-state index contributed by atoms with van der Waals surface area (Å²) in [5, 5.41) is 0. The lowest BCUT2D eigenvalue weighted by Crippen LogP contribution is -2.32. The minimum atomic E-state index is -0.0163. The van der Waals surface area contributed by atoms with Crippen molar-refractivity contribution in [2.24, 2.45) is 0 Å². The lowest BCUT2D eigenvalue weighted by molar-refractivity contribution is 0.0905. The van der Waals surface area contributed by atoms with Crippen LogP contribution in [0.15, 0.2) is 48.5 Å². The number of aryl methyl sites for hydroxylation is 1. The molecule has 2 atom stereocenters. The number of halogens is 1. The first-order valence-electron chi connectivity index (χ1n) is 6.89. The third-order valence-electron chi connectivity index (χ3n) is 3.56. The summed E-state index contributed by atoms with van der Waals surface area (Å²) in [6, 6.07) is 16.4. The Morgan fingerprint density at radius 2 is 1.80 bits per heavy atom. The highest BCUT2D eigenvalue weighted by Gasteiger charge is 2.28. The summed E-state index contributed by atoms with van der Waals surface area (Å²) in [4.78, 5) is 0.127. The molecule has 20 heavy (non-hydrogen) atoms. The second-order valence-electron chi connectivity index (χ2n) is 4.91. The van der Waals surface area contributed by atoms with Gasteiger partial charge in [0.05, 0.1) is 4.83 Å². The average Bonchev–Trinajstić information content (AvgIpc) is 2.54. The molecule has 2 unspecified atom stereocenters. The zero-order valence-corrected chi connectivity index (χ0v) is 13.0. The lowest BCUT2D eigenvalue weighted by Gasteiger charge is -2.29. The predicted molar refractivity (Wildman–Crippen MR) is 83.8 cm³/mol. The average molecular weight is 333 g/mol. The molecule has 0 fully saturated rings. The summed E-state index contributed by atoms with van der Waals surface area (Å²) in [5.74, 6) is 1.64. The molecule has 3 rings (SSSR count). The monoisotopic (exact) mass is 332 g/mol. The summed E-state index contributed by atoms with van der Waals surface area (Å²) in [6.07, 6.45) is 1.04. The van der Waals surface area contributed by atoms with Crippen LogP contribution in [0, 0.1) is 0 Å². The van der Waals surface area contributed by atoms with Crippen molar-refractivity contribution in [1.29, 1.82) is 0 Å². The Bertz CT molecular complexity index is 580. The fourth-order valence-electron chi connectivity index (χ4n) is 2.33. The van der Waals surface area contributed by atoms with Crippen LogP contribution in [-0.2, 0) is 6.42 Å². The van der Waals surface area contributed by atoms with Crippen molar-refractivity contribution < 1.29 is 9.47 Å². The van der Waals surface area contributed by atoms with E-state index in [2.05, 4.69) is 47.1 Å². The fourth-order valence-corrected chi connectivity index (χ4v) is 2.90. The summed E-state index contributed by atoms with van der Waals surface area (Å²) < 4.78 is 11.8. The molecular formula is C17H17BrO2. The Kier molecular flexibility index (Phi) is 3.97. The van der Waals surface area contributed by atoms with Crippen LogP contribution in [0.25, 0.3) is 0 Å². The minimum absolute atomic E-state index is 0.0163. The molecule has 0 spiro atoms. The van der Waals surface area contributed by atoms with Gasteiger partial charge in [-0.1, -0.05) is 59.3 Å². The Balaban J connectivity index is 1.76. The molecule has 0 saturated heterocycles. The van der Waals surface area contributed by atoms with E-state index in [1.54, 1.807) is 0 Å². The SMILES string of the molecule is CCc1ccc(C(Br)C2COc3ccccc3O2)cc1. The minimum Gasteiger partial charge on any atom is -0.486 e. The Morgan fingerprint density at radius 3 is 2.50 bits per heavy atom. The highest BCUT2D eigenvalue weighted by atomic mass is 79.9. The first kappa shape index (κ1) is 13.5. The summed E-state index contributed by atoms with van der Waals surface area (Å²) in [7, 11) is 0. The van der Waals surface area contributed by atoms with Gasteiger partial charge in [-0.25, -0.2) is 0 Å². The second-order valence-corrected chi connectivity index (χ2v) is 5.90. The number of ether oxygens (including phenoxy) is 2. The van der Waals surface area contributed by atoms with E-state index in [0.29, 0.717) is 6.61 Å². The van der Waals surface area contributed by atoms with Crippen molar-refractivity contribution in [3.8, 4) is 11.5 Å². The van der Waals surface area contributed by atoms with Crippen LogP contribution in [-0.4, -0.2) is 12.7 Å². The van der Waals surface area contributed by atoms with Gasteiger partial charge in [0.15, 0.2) is 11.5 Å². The zero-order chi connectivity index (χ0) is 13.9. The Labute approximate surface area is 127 Å². The van der Waals surface area contributed by atoms with Crippen molar-refractivity contribution in [2.75, 3.05) is 6.61 Å². The third kappa shape index (κ3) is 2.68. The maximum Gasteiger partial charge on any atom is 0.161 e. The van der Waals surface area contributed by atoms with E-state index in [4.69, 9.17) is 9.47 Å². The fraction of sp³-hybridized carbons (Fsp3) is 0.294. The molecule has 1 heterocycles. The van der Waals surface area contributed by atoms with Gasteiger partial charge in [0.1, 0.15) is 12.7 Å². The van der Waals surface area contributed by atoms with E-state index >= 15 is 0 Å². The number of fused-ring (bicyclic) bond motifs is 1. The van der Waals surface area contributed by atoms with Crippen molar-refractivity contribution in [3.63, 3.8) is 0 Å². The van der Waals surface area contributed by atoms with Crippen LogP contribution in [0.1, 0.15) is 22.9 Å². The maximum atomic E-state index is 6.03. The molecule has 0 N–H and O–H groups in total. The number of rotatable bonds is 3. The quantitative estimate of drug-likeness (QED) is 0.769. The van der Waals surface area contributed by atoms with Gasteiger partial charge in [-0.2, -0.15) is 0 Å². The molecule has 0 bridgehead atoms. The number of para-hydroxylation sites is 2. The van der Waals surface area contributed by atoms with Gasteiger partial charge < -0.3 is 9.47 Å². The van der Waals surface area contributed by atoms with Gasteiger partial charge in [-0.3, -0.25) is 0 Å². The van der Waals surface area contributed by atoms with E-state index in [-0.39, 0.29) is 10.9 Å². The van der Waals surface area contributed by atoms with E-state index in [1.807, 2.05) is 24.3 Å². The molecule has 0 radical (unpaired) electrons. The highest BCUT2D eigenvalue weighted by Crippen LogP contribution is 2.37. The van der Waals surface area contributed by atoms with Crippen molar-refractivity contribution >= 4 is 15.9 Å². The molecule has 0 aliphatic carbocycles. The van der Waals surface area contributed by atoms with Gasteiger partial charge in [0, 0.05) is 0 Å². The number of hydrogen-bond donors (Lipinski definition) is 0. The first-order chi connectivity index (χ1) is 9.78. The molecular weight excluding hydrogens is 316 g/mol. The van der Waals surface area contributed by atoms with E-state index in [1.165, 1.54) is 11.1 Å². The second kappa shape index (κ2) is 5.88. The number of alkyl halides is 1. The third-order valence-corrected chi connectivity index (χ3v) is 4.68. The molecule has 2 aromatic rings. The van der Waals surface area contributed by atoms with E-state index in [9.17, 15) is 0 Å². The van der Waals surface area contributed by atoms with Gasteiger partial charge in [-0.15, -0.1) is 0 Å². The Hall–Kier alpha value is -1.48. The molecule has 1 aliphatic heterocycles. The van der Waals surface area contributed by atoms with Crippen LogP contribution >= 0.6 is 15.9 Å². The van der Waals surface area contributed by atoms with Gasteiger partial charge in [0.25, 0.3) is 0 Å². The predicted octanol–water partition coefficient (Wildman–Crippen LogP) is 4.53. The molecule has 104 valence electrons. The van der Waals surface area contributed by atoms with Crippen LogP contribution in [0.2, 0.25) is 0 Å². The van der Waals surface area contributed by atoms with Crippen molar-refractivity contribution in [1.82, 2.24) is 0 Å². The molecule has 1 aliphatic rings. The summed E-state index contributed by atoms with van der Waals surface area (Å²) in [6.45, 7) is 2.72. The van der Waals surface area contributed by atoms with Crippen LogP contribution in [0.3, 0.4) is 0 Å².